The van der Waals surface area contributed by atoms with Gasteiger partial charge in [0.2, 0.25) is 5.95 Å². The maximum Gasteiger partial charge on any atom is 0.206 e. The summed E-state index contributed by atoms with van der Waals surface area (Å²) in [6.07, 6.45) is 5.86. The molecule has 5 rings (SSSR count). The number of hydrogen-bond donors (Lipinski definition) is 1. The van der Waals surface area contributed by atoms with Gasteiger partial charge in [-0.05, 0) is 73.4 Å². The number of imidazole rings is 1. The average Bonchev–Trinajstić information content (AvgIpc) is 3.54. The van der Waals surface area contributed by atoms with E-state index in [4.69, 9.17) is 33.9 Å². The van der Waals surface area contributed by atoms with Gasteiger partial charge in [0.25, 0.3) is 0 Å². The van der Waals surface area contributed by atoms with E-state index in [0.29, 0.717) is 17.5 Å². The second-order valence-electron chi connectivity index (χ2n) is 8.52. The summed E-state index contributed by atoms with van der Waals surface area (Å²) in [5.41, 5.74) is 10.4. The van der Waals surface area contributed by atoms with E-state index in [0.717, 1.165) is 66.9 Å². The Kier molecular flexibility index (Phi) is 5.38. The molecule has 2 heterocycles. The lowest BCUT2D eigenvalue weighted by Gasteiger charge is -2.28. The largest absolute Gasteiger partial charge is 0.342 e. The van der Waals surface area contributed by atoms with Crippen molar-refractivity contribution >= 4 is 40.2 Å². The first-order valence-corrected chi connectivity index (χ1v) is 11.4. The Hall–Kier alpha value is -1.82. The summed E-state index contributed by atoms with van der Waals surface area (Å²) < 4.78 is 15.9. The van der Waals surface area contributed by atoms with E-state index >= 15 is 0 Å². The Bertz CT molecular complexity index is 1090. The van der Waals surface area contributed by atoms with Gasteiger partial charge in [-0.1, -0.05) is 29.3 Å². The molecule has 0 radical (unpaired) electrons. The molecule has 1 aromatic heterocycles. The molecule has 0 amide bonds. The molecule has 3 aromatic rings. The normalized spacial score (nSPS) is 18.2. The number of rotatable bonds is 5. The number of benzene rings is 2. The van der Waals surface area contributed by atoms with E-state index in [1.54, 1.807) is 12.1 Å². The molecule has 2 N–H and O–H groups in total. The van der Waals surface area contributed by atoms with Crippen LogP contribution < -0.4 is 10.6 Å². The third-order valence-electron chi connectivity index (χ3n) is 6.28. The first-order valence-electron chi connectivity index (χ1n) is 10.7. The third-order valence-corrected chi connectivity index (χ3v) is 6.79. The average molecular weight is 447 g/mol. The molecule has 1 atom stereocenters. The van der Waals surface area contributed by atoms with Crippen molar-refractivity contribution in [2.24, 2.45) is 11.7 Å². The molecule has 1 saturated carbocycles. The Labute approximate surface area is 185 Å². The summed E-state index contributed by atoms with van der Waals surface area (Å²) >= 11 is 12.6. The Balaban J connectivity index is 1.66. The van der Waals surface area contributed by atoms with Gasteiger partial charge in [0.15, 0.2) is 0 Å². The lowest BCUT2D eigenvalue weighted by atomic mass is 10.0. The van der Waals surface area contributed by atoms with Crippen molar-refractivity contribution in [1.29, 1.82) is 0 Å². The standard InChI is InChI=1S/C23H25Cl2FN4/c24-16-11-17(21(27)15-5-6-15)22-20(12-16)30(13-14-4-7-19(26)18(25)10-14)23(28-22)29-8-2-1-3-9-29/h4,7,10-12,15,21H,1-3,5-6,8-9,13,27H2/t21-/m0/s1. The van der Waals surface area contributed by atoms with E-state index in [2.05, 4.69) is 9.47 Å². The highest BCUT2D eigenvalue weighted by Crippen LogP contribution is 2.43. The summed E-state index contributed by atoms with van der Waals surface area (Å²) in [6, 6.07) is 8.76. The van der Waals surface area contributed by atoms with Gasteiger partial charge in [-0.25, -0.2) is 9.37 Å². The molecular formula is C23H25Cl2FN4. The van der Waals surface area contributed by atoms with Crippen LogP contribution in [0.3, 0.4) is 0 Å². The molecule has 158 valence electrons. The Morgan fingerprint density at radius 1 is 1.10 bits per heavy atom. The predicted molar refractivity (Wildman–Crippen MR) is 121 cm³/mol. The highest BCUT2D eigenvalue weighted by Gasteiger charge is 2.32. The van der Waals surface area contributed by atoms with E-state index in [-0.39, 0.29) is 11.1 Å². The fraction of sp³-hybridized carbons (Fsp3) is 0.435. The Morgan fingerprint density at radius 3 is 2.57 bits per heavy atom. The van der Waals surface area contributed by atoms with Crippen LogP contribution in [0.25, 0.3) is 11.0 Å². The number of piperidine rings is 1. The van der Waals surface area contributed by atoms with Gasteiger partial charge in [-0.3, -0.25) is 0 Å². The number of halogens is 3. The van der Waals surface area contributed by atoms with Gasteiger partial charge >= 0.3 is 0 Å². The summed E-state index contributed by atoms with van der Waals surface area (Å²) in [5, 5.41) is 0.794. The number of anilines is 1. The molecule has 1 aliphatic heterocycles. The summed E-state index contributed by atoms with van der Waals surface area (Å²) in [6.45, 7) is 2.50. The second-order valence-corrected chi connectivity index (χ2v) is 9.36. The van der Waals surface area contributed by atoms with Crippen molar-refractivity contribution in [3.8, 4) is 0 Å². The van der Waals surface area contributed by atoms with Crippen molar-refractivity contribution in [3.05, 3.63) is 57.3 Å². The van der Waals surface area contributed by atoms with E-state index < -0.39 is 5.82 Å². The van der Waals surface area contributed by atoms with Gasteiger partial charge in [0.1, 0.15) is 5.82 Å². The number of fused-ring (bicyclic) bond motifs is 1. The minimum atomic E-state index is -0.409. The van der Waals surface area contributed by atoms with Gasteiger partial charge in [-0.2, -0.15) is 0 Å². The molecule has 0 bridgehead atoms. The molecule has 1 saturated heterocycles. The van der Waals surface area contributed by atoms with Crippen molar-refractivity contribution < 1.29 is 4.39 Å². The minimum absolute atomic E-state index is 0.0518. The molecule has 1 aliphatic carbocycles. The fourth-order valence-electron chi connectivity index (χ4n) is 4.48. The quantitative estimate of drug-likeness (QED) is 0.527. The Morgan fingerprint density at radius 2 is 1.87 bits per heavy atom. The summed E-state index contributed by atoms with van der Waals surface area (Å²) in [4.78, 5) is 7.43. The second kappa shape index (κ2) is 8.03. The van der Waals surface area contributed by atoms with E-state index in [9.17, 15) is 4.39 Å². The van der Waals surface area contributed by atoms with Crippen molar-refractivity contribution in [3.63, 3.8) is 0 Å². The van der Waals surface area contributed by atoms with Crippen LogP contribution in [-0.4, -0.2) is 22.6 Å². The molecule has 2 aromatic carbocycles. The molecule has 0 unspecified atom stereocenters. The maximum absolute atomic E-state index is 13.7. The van der Waals surface area contributed by atoms with Crippen LogP contribution in [-0.2, 0) is 6.54 Å². The number of nitrogens with zero attached hydrogens (tertiary/aromatic N) is 3. The molecule has 2 fully saturated rings. The SMILES string of the molecule is N[C@H](c1cc(Cl)cc2c1nc(N1CCCCC1)n2Cc1ccc(F)c(Cl)c1)C1CC1. The zero-order valence-electron chi connectivity index (χ0n) is 16.8. The van der Waals surface area contributed by atoms with Crippen LogP contribution >= 0.6 is 23.2 Å². The zero-order valence-corrected chi connectivity index (χ0v) is 18.3. The first-order chi connectivity index (χ1) is 14.5. The molecular weight excluding hydrogens is 422 g/mol. The van der Waals surface area contributed by atoms with Crippen LogP contribution in [0.4, 0.5) is 10.3 Å². The highest BCUT2D eigenvalue weighted by atomic mass is 35.5. The minimum Gasteiger partial charge on any atom is -0.342 e. The number of nitrogens with two attached hydrogens (primary N) is 1. The predicted octanol–water partition coefficient (Wildman–Crippen LogP) is 5.93. The van der Waals surface area contributed by atoms with Crippen LogP contribution in [0.1, 0.15) is 49.3 Å². The summed E-state index contributed by atoms with van der Waals surface area (Å²) in [5.74, 6) is 1.02. The smallest absolute Gasteiger partial charge is 0.206 e. The van der Waals surface area contributed by atoms with Crippen LogP contribution in [0.2, 0.25) is 10.0 Å². The van der Waals surface area contributed by atoms with Crippen LogP contribution in [0.15, 0.2) is 30.3 Å². The van der Waals surface area contributed by atoms with Crippen molar-refractivity contribution in [2.75, 3.05) is 18.0 Å². The fourth-order valence-corrected chi connectivity index (χ4v) is 4.90. The van der Waals surface area contributed by atoms with Gasteiger partial charge in [-0.15, -0.1) is 0 Å². The van der Waals surface area contributed by atoms with E-state index in [1.165, 1.54) is 12.5 Å². The topological polar surface area (TPSA) is 47.1 Å². The molecule has 4 nitrogen and oxygen atoms in total. The molecule has 0 spiro atoms. The molecule has 30 heavy (non-hydrogen) atoms. The van der Waals surface area contributed by atoms with Gasteiger partial charge < -0.3 is 15.2 Å². The molecule has 2 aliphatic rings. The maximum atomic E-state index is 13.7. The lowest BCUT2D eigenvalue weighted by Crippen LogP contribution is -2.32. The number of aromatic nitrogens is 2. The molecule has 7 heteroatoms. The first kappa shape index (κ1) is 20.1. The van der Waals surface area contributed by atoms with Gasteiger partial charge in [0, 0.05) is 24.2 Å². The number of hydrogen-bond acceptors (Lipinski definition) is 3. The zero-order chi connectivity index (χ0) is 20.8. The monoisotopic (exact) mass is 446 g/mol. The van der Waals surface area contributed by atoms with Crippen molar-refractivity contribution in [1.82, 2.24) is 9.55 Å². The lowest BCUT2D eigenvalue weighted by molar-refractivity contribution is 0.560. The summed E-state index contributed by atoms with van der Waals surface area (Å²) in [7, 11) is 0. The van der Waals surface area contributed by atoms with Crippen LogP contribution in [0, 0.1) is 11.7 Å². The van der Waals surface area contributed by atoms with Crippen molar-refractivity contribution in [2.45, 2.75) is 44.7 Å². The van der Waals surface area contributed by atoms with E-state index in [1.807, 2.05) is 12.1 Å². The van der Waals surface area contributed by atoms with Crippen LogP contribution in [0.5, 0.6) is 0 Å². The third kappa shape index (κ3) is 3.79. The van der Waals surface area contributed by atoms with Gasteiger partial charge in [0.05, 0.1) is 22.6 Å². The highest BCUT2D eigenvalue weighted by molar-refractivity contribution is 6.31.